The molecule has 2 rings (SSSR count). The SMILES string of the molecule is CNC(Cc1ccc(C)c(C)c1)C1(OC)CCCCCC1. The van der Waals surface area contributed by atoms with Crippen LogP contribution in [-0.4, -0.2) is 25.8 Å². The summed E-state index contributed by atoms with van der Waals surface area (Å²) in [6, 6.07) is 7.24. The van der Waals surface area contributed by atoms with Gasteiger partial charge in [-0.3, -0.25) is 0 Å². The minimum Gasteiger partial charge on any atom is -0.377 e. The van der Waals surface area contributed by atoms with Gasteiger partial charge in [0.05, 0.1) is 5.60 Å². The molecule has 0 spiro atoms. The van der Waals surface area contributed by atoms with Gasteiger partial charge in [-0.1, -0.05) is 43.9 Å². The molecule has 1 aromatic carbocycles. The van der Waals surface area contributed by atoms with Gasteiger partial charge in [0, 0.05) is 13.2 Å². The molecule has 21 heavy (non-hydrogen) atoms. The normalized spacial score (nSPS) is 20.0. The van der Waals surface area contributed by atoms with E-state index in [0.717, 1.165) is 6.42 Å². The molecule has 1 saturated carbocycles. The van der Waals surface area contributed by atoms with Crippen molar-refractivity contribution in [3.63, 3.8) is 0 Å². The number of hydrogen-bond donors (Lipinski definition) is 1. The molecule has 1 unspecified atom stereocenters. The summed E-state index contributed by atoms with van der Waals surface area (Å²) in [5.41, 5.74) is 4.17. The van der Waals surface area contributed by atoms with Gasteiger partial charge in [-0.05, 0) is 56.8 Å². The molecule has 118 valence electrons. The van der Waals surface area contributed by atoms with Crippen LogP contribution in [0.3, 0.4) is 0 Å². The molecule has 0 saturated heterocycles. The minimum absolute atomic E-state index is 0.00401. The summed E-state index contributed by atoms with van der Waals surface area (Å²) in [5.74, 6) is 0. The molecule has 1 aromatic rings. The van der Waals surface area contributed by atoms with Crippen LogP contribution in [0.4, 0.5) is 0 Å². The van der Waals surface area contributed by atoms with Gasteiger partial charge in [-0.15, -0.1) is 0 Å². The standard InChI is InChI=1S/C19H31NO/c1-15-9-10-17(13-16(15)2)14-18(20-3)19(21-4)11-7-5-6-8-12-19/h9-10,13,18,20H,5-8,11-12,14H2,1-4H3. The van der Waals surface area contributed by atoms with Crippen LogP contribution in [0.2, 0.25) is 0 Å². The second kappa shape index (κ2) is 7.42. The summed E-state index contributed by atoms with van der Waals surface area (Å²) in [4.78, 5) is 0. The Hall–Kier alpha value is -0.860. The number of ether oxygens (including phenoxy) is 1. The maximum absolute atomic E-state index is 6.08. The van der Waals surface area contributed by atoms with E-state index < -0.39 is 0 Å². The molecular formula is C19H31NO. The molecule has 1 aliphatic rings. The lowest BCUT2D eigenvalue weighted by atomic mass is 9.82. The van der Waals surface area contributed by atoms with E-state index >= 15 is 0 Å². The monoisotopic (exact) mass is 289 g/mol. The largest absolute Gasteiger partial charge is 0.377 e. The maximum atomic E-state index is 6.08. The van der Waals surface area contributed by atoms with E-state index in [0.29, 0.717) is 6.04 Å². The van der Waals surface area contributed by atoms with Crippen LogP contribution >= 0.6 is 0 Å². The summed E-state index contributed by atoms with van der Waals surface area (Å²) >= 11 is 0. The van der Waals surface area contributed by atoms with Crippen LogP contribution in [0.15, 0.2) is 18.2 Å². The molecule has 1 fully saturated rings. The minimum atomic E-state index is 0.00401. The molecule has 0 heterocycles. The van der Waals surface area contributed by atoms with Gasteiger partial charge < -0.3 is 10.1 Å². The summed E-state index contributed by atoms with van der Waals surface area (Å²) < 4.78 is 6.08. The highest BCUT2D eigenvalue weighted by atomic mass is 16.5. The lowest BCUT2D eigenvalue weighted by Gasteiger charge is -2.39. The summed E-state index contributed by atoms with van der Waals surface area (Å²) in [5, 5.41) is 3.55. The average molecular weight is 289 g/mol. The summed E-state index contributed by atoms with van der Waals surface area (Å²) in [7, 11) is 3.98. The van der Waals surface area contributed by atoms with E-state index in [9.17, 15) is 0 Å². The molecule has 0 amide bonds. The molecule has 2 nitrogen and oxygen atoms in total. The lowest BCUT2D eigenvalue weighted by Crippen LogP contribution is -2.52. The van der Waals surface area contributed by atoms with Crippen LogP contribution in [0.5, 0.6) is 0 Å². The molecule has 1 N–H and O–H groups in total. The van der Waals surface area contributed by atoms with Crippen molar-refractivity contribution in [2.75, 3.05) is 14.2 Å². The van der Waals surface area contributed by atoms with Crippen molar-refractivity contribution in [3.05, 3.63) is 34.9 Å². The second-order valence-electron chi connectivity index (χ2n) is 6.65. The molecule has 0 aliphatic heterocycles. The quantitative estimate of drug-likeness (QED) is 0.821. The highest BCUT2D eigenvalue weighted by Gasteiger charge is 2.38. The average Bonchev–Trinajstić information content (AvgIpc) is 2.74. The predicted molar refractivity (Wildman–Crippen MR) is 89.9 cm³/mol. The predicted octanol–water partition coefficient (Wildman–Crippen LogP) is 4.17. The van der Waals surface area contributed by atoms with Gasteiger partial charge in [0.1, 0.15) is 0 Å². The Morgan fingerprint density at radius 2 is 1.76 bits per heavy atom. The fourth-order valence-corrected chi connectivity index (χ4v) is 3.74. The number of nitrogens with one attached hydrogen (secondary N) is 1. The smallest absolute Gasteiger partial charge is 0.0834 e. The molecule has 0 aromatic heterocycles. The maximum Gasteiger partial charge on any atom is 0.0834 e. The lowest BCUT2D eigenvalue weighted by molar-refractivity contribution is -0.0509. The zero-order valence-corrected chi connectivity index (χ0v) is 14.2. The molecule has 0 radical (unpaired) electrons. The fourth-order valence-electron chi connectivity index (χ4n) is 3.74. The second-order valence-corrected chi connectivity index (χ2v) is 6.65. The van der Waals surface area contributed by atoms with Crippen LogP contribution in [-0.2, 0) is 11.2 Å². The number of aryl methyl sites for hydroxylation is 2. The highest BCUT2D eigenvalue weighted by Crippen LogP contribution is 2.34. The van der Waals surface area contributed by atoms with Crippen molar-refractivity contribution in [1.29, 1.82) is 0 Å². The first kappa shape index (κ1) is 16.5. The molecule has 1 atom stereocenters. The van der Waals surface area contributed by atoms with Gasteiger partial charge in [0.25, 0.3) is 0 Å². The Morgan fingerprint density at radius 1 is 1.10 bits per heavy atom. The highest BCUT2D eigenvalue weighted by molar-refractivity contribution is 5.30. The molecule has 1 aliphatic carbocycles. The van der Waals surface area contributed by atoms with Crippen LogP contribution in [0.25, 0.3) is 0 Å². The fraction of sp³-hybridized carbons (Fsp3) is 0.684. The zero-order valence-electron chi connectivity index (χ0n) is 14.2. The first-order valence-electron chi connectivity index (χ1n) is 8.40. The number of likely N-dealkylation sites (N-methyl/N-ethyl adjacent to an activating group) is 1. The van der Waals surface area contributed by atoms with Crippen molar-refractivity contribution in [1.82, 2.24) is 5.32 Å². The Bertz CT molecular complexity index is 447. The van der Waals surface area contributed by atoms with Crippen LogP contribution in [0.1, 0.15) is 55.2 Å². The van der Waals surface area contributed by atoms with Crippen molar-refractivity contribution in [2.45, 2.75) is 70.4 Å². The topological polar surface area (TPSA) is 21.3 Å². The van der Waals surface area contributed by atoms with Gasteiger partial charge in [0.2, 0.25) is 0 Å². The van der Waals surface area contributed by atoms with Crippen LogP contribution < -0.4 is 5.32 Å². The third-order valence-corrected chi connectivity index (χ3v) is 5.35. The molecular weight excluding hydrogens is 258 g/mol. The number of methoxy groups -OCH3 is 1. The van der Waals surface area contributed by atoms with E-state index in [4.69, 9.17) is 4.74 Å². The Balaban J connectivity index is 2.18. The first-order chi connectivity index (χ1) is 10.1. The van der Waals surface area contributed by atoms with Gasteiger partial charge in [-0.25, -0.2) is 0 Å². The van der Waals surface area contributed by atoms with E-state index in [1.165, 1.54) is 55.2 Å². The number of hydrogen-bond acceptors (Lipinski definition) is 2. The van der Waals surface area contributed by atoms with Crippen molar-refractivity contribution in [2.24, 2.45) is 0 Å². The van der Waals surface area contributed by atoms with E-state index in [2.05, 4.69) is 44.4 Å². The Morgan fingerprint density at radius 3 is 2.29 bits per heavy atom. The summed E-state index contributed by atoms with van der Waals surface area (Å²) in [6.45, 7) is 4.38. The molecule has 2 heteroatoms. The zero-order chi connectivity index (χ0) is 15.3. The number of rotatable bonds is 5. The third-order valence-electron chi connectivity index (χ3n) is 5.35. The van der Waals surface area contributed by atoms with E-state index in [1.54, 1.807) is 0 Å². The summed E-state index contributed by atoms with van der Waals surface area (Å²) in [6.07, 6.45) is 8.69. The first-order valence-corrected chi connectivity index (χ1v) is 8.40. The van der Waals surface area contributed by atoms with Crippen molar-refractivity contribution in [3.8, 4) is 0 Å². The Kier molecular flexibility index (Phi) is 5.83. The van der Waals surface area contributed by atoms with Gasteiger partial charge in [-0.2, -0.15) is 0 Å². The van der Waals surface area contributed by atoms with E-state index in [1.807, 2.05) is 7.11 Å². The van der Waals surface area contributed by atoms with E-state index in [-0.39, 0.29) is 5.60 Å². The Labute approximate surface area is 130 Å². The third kappa shape index (κ3) is 3.87. The van der Waals surface area contributed by atoms with Crippen molar-refractivity contribution >= 4 is 0 Å². The van der Waals surface area contributed by atoms with Crippen LogP contribution in [0, 0.1) is 13.8 Å². The van der Waals surface area contributed by atoms with Gasteiger partial charge in [0.15, 0.2) is 0 Å². The molecule has 0 bridgehead atoms. The van der Waals surface area contributed by atoms with Crippen molar-refractivity contribution < 1.29 is 4.74 Å². The number of benzene rings is 1. The van der Waals surface area contributed by atoms with Gasteiger partial charge >= 0.3 is 0 Å².